The lowest BCUT2D eigenvalue weighted by atomic mass is 10.2. The highest BCUT2D eigenvalue weighted by Gasteiger charge is 2.03. The Morgan fingerprint density at radius 2 is 2.09 bits per heavy atom. The second kappa shape index (κ2) is 6.07. The van der Waals surface area contributed by atoms with Gasteiger partial charge in [-0.25, -0.2) is 9.37 Å². The smallest absolute Gasteiger partial charge is 0.248 e. The van der Waals surface area contributed by atoms with Gasteiger partial charge in [0.25, 0.3) is 0 Å². The van der Waals surface area contributed by atoms with E-state index in [9.17, 15) is 9.18 Å². The van der Waals surface area contributed by atoms with Crippen LogP contribution < -0.4 is 5.32 Å². The predicted octanol–water partition coefficient (Wildman–Crippen LogP) is 4.40. The fourth-order valence-corrected chi connectivity index (χ4v) is 2.83. The lowest BCUT2D eigenvalue weighted by Gasteiger charge is -2.03. The van der Waals surface area contributed by atoms with Gasteiger partial charge in [-0.3, -0.25) is 4.79 Å². The molecule has 1 heterocycles. The van der Waals surface area contributed by atoms with E-state index in [1.165, 1.54) is 23.5 Å². The molecule has 0 bridgehead atoms. The second-order valence-electron chi connectivity index (χ2n) is 4.81. The van der Waals surface area contributed by atoms with Gasteiger partial charge >= 0.3 is 0 Å². The molecule has 1 N–H and O–H groups in total. The molecule has 0 spiro atoms. The van der Waals surface area contributed by atoms with Crippen molar-refractivity contribution in [1.82, 2.24) is 4.98 Å². The van der Waals surface area contributed by atoms with Crippen LogP contribution in [0.25, 0.3) is 16.3 Å². The van der Waals surface area contributed by atoms with E-state index in [1.54, 1.807) is 25.1 Å². The zero-order chi connectivity index (χ0) is 15.5. The van der Waals surface area contributed by atoms with Crippen LogP contribution in [-0.2, 0) is 4.79 Å². The number of fused-ring (bicyclic) bond motifs is 1. The molecule has 0 aliphatic heterocycles. The maximum absolute atomic E-state index is 13.4. The number of hydrogen-bond acceptors (Lipinski definition) is 3. The number of thiazole rings is 1. The van der Waals surface area contributed by atoms with Crippen molar-refractivity contribution < 1.29 is 9.18 Å². The number of nitrogens with zero attached hydrogens (tertiary/aromatic N) is 1. The molecular formula is C17H13FN2OS. The first-order chi connectivity index (χ1) is 10.6. The number of aryl methyl sites for hydroxylation is 1. The number of benzene rings is 2. The zero-order valence-corrected chi connectivity index (χ0v) is 12.7. The number of carbonyl (C=O) groups excluding carboxylic acids is 1. The van der Waals surface area contributed by atoms with Crippen molar-refractivity contribution in [3.8, 4) is 0 Å². The number of rotatable bonds is 3. The largest absolute Gasteiger partial charge is 0.322 e. The quantitative estimate of drug-likeness (QED) is 0.729. The molecule has 1 amide bonds. The molecule has 0 fully saturated rings. The minimum Gasteiger partial charge on any atom is -0.322 e. The van der Waals surface area contributed by atoms with Gasteiger partial charge in [0.1, 0.15) is 10.8 Å². The summed E-state index contributed by atoms with van der Waals surface area (Å²) in [5, 5.41) is 3.38. The maximum atomic E-state index is 13.4. The van der Waals surface area contributed by atoms with Crippen molar-refractivity contribution in [1.29, 1.82) is 0 Å². The summed E-state index contributed by atoms with van der Waals surface area (Å²) in [6, 6.07) is 12.4. The molecule has 2 aromatic carbocycles. The SMILES string of the molecule is Cc1ccc(NC(=O)C=Cc2nc3ccccc3s2)cc1F. The molecule has 0 radical (unpaired) electrons. The van der Waals surface area contributed by atoms with Crippen molar-refractivity contribution in [3.63, 3.8) is 0 Å². The standard InChI is InChI=1S/C17H13FN2OS/c1-11-6-7-12(10-13(11)18)19-16(21)8-9-17-20-14-4-2-3-5-15(14)22-17/h2-10H,1H3,(H,19,21). The summed E-state index contributed by atoms with van der Waals surface area (Å²) >= 11 is 1.51. The number of amides is 1. The van der Waals surface area contributed by atoms with Gasteiger partial charge in [0.2, 0.25) is 5.91 Å². The van der Waals surface area contributed by atoms with Gasteiger partial charge in [-0.05, 0) is 42.8 Å². The summed E-state index contributed by atoms with van der Waals surface area (Å²) < 4.78 is 14.5. The first-order valence-corrected chi connectivity index (χ1v) is 7.54. The number of nitrogens with one attached hydrogen (secondary N) is 1. The number of para-hydroxylation sites is 1. The number of hydrogen-bond donors (Lipinski definition) is 1. The predicted molar refractivity (Wildman–Crippen MR) is 88.4 cm³/mol. The summed E-state index contributed by atoms with van der Waals surface area (Å²) in [5.41, 5.74) is 1.89. The minimum atomic E-state index is -0.340. The van der Waals surface area contributed by atoms with Gasteiger partial charge in [-0.15, -0.1) is 11.3 Å². The van der Waals surface area contributed by atoms with E-state index in [0.717, 1.165) is 15.2 Å². The molecule has 0 aliphatic rings. The molecule has 1 aromatic heterocycles. The Bertz CT molecular complexity index is 837. The molecule has 0 unspecified atom stereocenters. The fraction of sp³-hybridized carbons (Fsp3) is 0.0588. The summed E-state index contributed by atoms with van der Waals surface area (Å²) in [4.78, 5) is 16.3. The Balaban J connectivity index is 1.71. The summed E-state index contributed by atoms with van der Waals surface area (Å²) in [6.07, 6.45) is 3.06. The van der Waals surface area contributed by atoms with E-state index in [2.05, 4.69) is 10.3 Å². The van der Waals surface area contributed by atoms with Crippen LogP contribution in [0.4, 0.5) is 10.1 Å². The summed E-state index contributed by atoms with van der Waals surface area (Å²) in [7, 11) is 0. The lowest BCUT2D eigenvalue weighted by molar-refractivity contribution is -0.111. The molecule has 110 valence electrons. The monoisotopic (exact) mass is 312 g/mol. The summed E-state index contributed by atoms with van der Waals surface area (Å²) in [5.74, 6) is -0.657. The van der Waals surface area contributed by atoms with Crippen molar-refractivity contribution in [3.05, 3.63) is 64.9 Å². The third-order valence-corrected chi connectivity index (χ3v) is 4.13. The van der Waals surface area contributed by atoms with E-state index in [4.69, 9.17) is 0 Å². The van der Waals surface area contributed by atoms with Gasteiger partial charge in [0, 0.05) is 11.8 Å². The minimum absolute atomic E-state index is 0.317. The van der Waals surface area contributed by atoms with Crippen LogP contribution in [0, 0.1) is 12.7 Å². The first-order valence-electron chi connectivity index (χ1n) is 6.72. The maximum Gasteiger partial charge on any atom is 0.248 e. The van der Waals surface area contributed by atoms with Crippen LogP contribution in [0.15, 0.2) is 48.5 Å². The van der Waals surface area contributed by atoms with Gasteiger partial charge in [-0.2, -0.15) is 0 Å². The van der Waals surface area contributed by atoms with E-state index in [-0.39, 0.29) is 11.7 Å². The van der Waals surface area contributed by atoms with Crippen LogP contribution in [0.1, 0.15) is 10.6 Å². The third-order valence-electron chi connectivity index (χ3n) is 3.13. The van der Waals surface area contributed by atoms with Gasteiger partial charge in [0.15, 0.2) is 0 Å². The topological polar surface area (TPSA) is 42.0 Å². The van der Waals surface area contributed by atoms with Crippen LogP contribution in [0.3, 0.4) is 0 Å². The molecule has 3 nitrogen and oxygen atoms in total. The molecule has 22 heavy (non-hydrogen) atoms. The van der Waals surface area contributed by atoms with E-state index >= 15 is 0 Å². The molecular weight excluding hydrogens is 299 g/mol. The highest BCUT2D eigenvalue weighted by Crippen LogP contribution is 2.22. The molecule has 5 heteroatoms. The van der Waals surface area contributed by atoms with Crippen molar-refractivity contribution in [2.24, 2.45) is 0 Å². The Labute approximate surface area is 131 Å². The zero-order valence-electron chi connectivity index (χ0n) is 11.8. The highest BCUT2D eigenvalue weighted by atomic mass is 32.1. The normalized spacial score (nSPS) is 11.2. The van der Waals surface area contributed by atoms with Crippen LogP contribution in [0.2, 0.25) is 0 Å². The number of halogens is 1. The average molecular weight is 312 g/mol. The number of anilines is 1. The lowest BCUT2D eigenvalue weighted by Crippen LogP contribution is -2.08. The number of carbonyl (C=O) groups is 1. The van der Waals surface area contributed by atoms with Crippen molar-refractivity contribution in [2.75, 3.05) is 5.32 Å². The molecule has 0 aliphatic carbocycles. The molecule has 3 rings (SSSR count). The van der Waals surface area contributed by atoms with Gasteiger partial charge < -0.3 is 5.32 Å². The first kappa shape index (κ1) is 14.4. The van der Waals surface area contributed by atoms with E-state index < -0.39 is 0 Å². The molecule has 0 saturated carbocycles. The van der Waals surface area contributed by atoms with E-state index in [1.807, 2.05) is 24.3 Å². The average Bonchev–Trinajstić information content (AvgIpc) is 2.92. The van der Waals surface area contributed by atoms with Crippen LogP contribution >= 0.6 is 11.3 Å². The van der Waals surface area contributed by atoms with Crippen molar-refractivity contribution >= 4 is 39.2 Å². The Morgan fingerprint density at radius 1 is 1.27 bits per heavy atom. The van der Waals surface area contributed by atoms with Crippen LogP contribution in [0.5, 0.6) is 0 Å². The summed E-state index contributed by atoms with van der Waals surface area (Å²) in [6.45, 7) is 1.67. The van der Waals surface area contributed by atoms with Crippen molar-refractivity contribution in [2.45, 2.75) is 6.92 Å². The number of aromatic nitrogens is 1. The van der Waals surface area contributed by atoms with E-state index in [0.29, 0.717) is 11.3 Å². The Hall–Kier alpha value is -2.53. The van der Waals surface area contributed by atoms with Gasteiger partial charge in [0.05, 0.1) is 10.2 Å². The Morgan fingerprint density at radius 3 is 2.86 bits per heavy atom. The molecule has 3 aromatic rings. The molecule has 0 atom stereocenters. The third kappa shape index (κ3) is 3.20. The fourth-order valence-electron chi connectivity index (χ4n) is 1.96. The highest BCUT2D eigenvalue weighted by molar-refractivity contribution is 7.19. The Kier molecular flexibility index (Phi) is 3.98. The van der Waals surface area contributed by atoms with Gasteiger partial charge in [-0.1, -0.05) is 18.2 Å². The molecule has 0 saturated heterocycles. The van der Waals surface area contributed by atoms with Crippen LogP contribution in [-0.4, -0.2) is 10.9 Å². The second-order valence-corrected chi connectivity index (χ2v) is 5.87.